The molecule has 0 saturated heterocycles. The molecule has 108 valence electrons. The minimum Gasteiger partial charge on any atom is -0.316 e. The third-order valence-electron chi connectivity index (χ3n) is 3.59. The van der Waals surface area contributed by atoms with Gasteiger partial charge in [0.15, 0.2) is 0 Å². The smallest absolute Gasteiger partial charge is 0.280 e. The largest absolute Gasteiger partial charge is 0.316 e. The lowest BCUT2D eigenvalue weighted by atomic mass is 10.0. The molecule has 1 amide bonds. The van der Waals surface area contributed by atoms with E-state index in [0.717, 1.165) is 11.1 Å². The van der Waals surface area contributed by atoms with Crippen LogP contribution in [0.15, 0.2) is 29.1 Å². The van der Waals surface area contributed by atoms with E-state index in [1.165, 1.54) is 24.5 Å². The van der Waals surface area contributed by atoms with Gasteiger partial charge >= 0.3 is 0 Å². The normalized spacial score (nSPS) is 14.0. The second-order valence-electron chi connectivity index (χ2n) is 5.27. The van der Waals surface area contributed by atoms with Crippen LogP contribution in [0.5, 0.6) is 0 Å². The van der Waals surface area contributed by atoms with E-state index in [-0.39, 0.29) is 5.56 Å². The summed E-state index contributed by atoms with van der Waals surface area (Å²) in [5, 5.41) is 8.83. The number of hydrogen-bond acceptors (Lipinski definition) is 3. The van der Waals surface area contributed by atoms with Gasteiger partial charge in [0.2, 0.25) is 0 Å². The van der Waals surface area contributed by atoms with E-state index in [1.54, 1.807) is 0 Å². The standard InChI is InChI=1S/C15H15N3O2S/c1-8-6-13(19)17-18-14(8)11-5-4-10(9-2-3-9)7-12(11)16-15(20)21/h4-7,9H,2-3H2,1H3,(H,17,19)(H2,16,20,21). The number of rotatable bonds is 3. The lowest BCUT2D eigenvalue weighted by Crippen LogP contribution is -2.10. The average Bonchev–Trinajstić information content (AvgIpc) is 3.23. The molecule has 0 radical (unpaired) electrons. The van der Waals surface area contributed by atoms with E-state index in [0.29, 0.717) is 17.3 Å². The van der Waals surface area contributed by atoms with Gasteiger partial charge in [-0.05, 0) is 42.9 Å². The molecule has 0 atom stereocenters. The van der Waals surface area contributed by atoms with Crippen molar-refractivity contribution in [2.24, 2.45) is 0 Å². The van der Waals surface area contributed by atoms with Crippen molar-refractivity contribution in [1.29, 1.82) is 0 Å². The van der Waals surface area contributed by atoms with Crippen molar-refractivity contribution in [2.75, 3.05) is 5.32 Å². The molecular formula is C15H15N3O2S. The van der Waals surface area contributed by atoms with Gasteiger partial charge in [0.1, 0.15) is 0 Å². The van der Waals surface area contributed by atoms with Gasteiger partial charge in [0.25, 0.3) is 10.8 Å². The summed E-state index contributed by atoms with van der Waals surface area (Å²) in [4.78, 5) is 22.6. The lowest BCUT2D eigenvalue weighted by Gasteiger charge is -2.12. The fourth-order valence-electron chi connectivity index (χ4n) is 2.43. The average molecular weight is 301 g/mol. The molecule has 0 spiro atoms. The molecule has 0 bridgehead atoms. The fourth-order valence-corrected chi connectivity index (χ4v) is 2.55. The van der Waals surface area contributed by atoms with Crippen LogP contribution in [0.3, 0.4) is 0 Å². The van der Waals surface area contributed by atoms with Gasteiger partial charge in [-0.15, -0.1) is 0 Å². The lowest BCUT2D eigenvalue weighted by molar-refractivity contribution is 0.270. The van der Waals surface area contributed by atoms with Crippen LogP contribution in [-0.4, -0.2) is 15.4 Å². The van der Waals surface area contributed by atoms with Crippen LogP contribution in [0.25, 0.3) is 11.3 Å². The molecule has 6 heteroatoms. The summed E-state index contributed by atoms with van der Waals surface area (Å²) in [5.74, 6) is 0.583. The maximum Gasteiger partial charge on any atom is 0.280 e. The highest BCUT2D eigenvalue weighted by Gasteiger charge is 2.24. The number of H-pyrrole nitrogens is 1. The first kappa shape index (κ1) is 13.9. The molecule has 1 aromatic carbocycles. The molecule has 1 aliphatic rings. The van der Waals surface area contributed by atoms with Crippen molar-refractivity contribution in [2.45, 2.75) is 25.7 Å². The Hall–Kier alpha value is -2.08. The molecule has 1 fully saturated rings. The van der Waals surface area contributed by atoms with Gasteiger partial charge in [0, 0.05) is 11.6 Å². The predicted octanol–water partition coefficient (Wildman–Crippen LogP) is 3.08. The van der Waals surface area contributed by atoms with Gasteiger partial charge in [-0.3, -0.25) is 9.59 Å². The van der Waals surface area contributed by atoms with Crippen molar-refractivity contribution in [1.82, 2.24) is 10.2 Å². The monoisotopic (exact) mass is 301 g/mol. The van der Waals surface area contributed by atoms with E-state index in [1.807, 2.05) is 25.1 Å². The highest BCUT2D eigenvalue weighted by atomic mass is 32.1. The highest BCUT2D eigenvalue weighted by molar-refractivity contribution is 7.96. The summed E-state index contributed by atoms with van der Waals surface area (Å²) >= 11 is 3.78. The Kier molecular flexibility index (Phi) is 3.55. The van der Waals surface area contributed by atoms with E-state index in [9.17, 15) is 9.59 Å². The van der Waals surface area contributed by atoms with Crippen LogP contribution in [0.2, 0.25) is 0 Å². The summed E-state index contributed by atoms with van der Waals surface area (Å²) < 4.78 is 0. The van der Waals surface area contributed by atoms with E-state index in [4.69, 9.17) is 0 Å². The third-order valence-corrected chi connectivity index (χ3v) is 3.70. The minimum atomic E-state index is -0.425. The van der Waals surface area contributed by atoms with Crippen molar-refractivity contribution < 1.29 is 4.79 Å². The first-order valence-corrected chi connectivity index (χ1v) is 7.20. The van der Waals surface area contributed by atoms with Crippen LogP contribution in [-0.2, 0) is 0 Å². The first-order valence-electron chi connectivity index (χ1n) is 6.75. The Balaban J connectivity index is 2.11. The number of aryl methyl sites for hydroxylation is 1. The molecule has 2 N–H and O–H groups in total. The number of aromatic amines is 1. The molecule has 5 nitrogen and oxygen atoms in total. The topological polar surface area (TPSA) is 74.8 Å². The summed E-state index contributed by atoms with van der Waals surface area (Å²) in [6.07, 6.45) is 2.37. The van der Waals surface area contributed by atoms with Gasteiger partial charge in [-0.25, -0.2) is 5.10 Å². The van der Waals surface area contributed by atoms with Crippen molar-refractivity contribution in [3.8, 4) is 11.3 Å². The SMILES string of the molecule is Cc1cc(=O)[nH]nc1-c1ccc(C2CC2)cc1NC(=O)S. The first-order chi connectivity index (χ1) is 10.0. The van der Waals surface area contributed by atoms with Gasteiger partial charge < -0.3 is 5.32 Å². The molecule has 1 saturated carbocycles. The van der Waals surface area contributed by atoms with Gasteiger partial charge in [0.05, 0.1) is 11.4 Å². The molecule has 0 unspecified atom stereocenters. The summed E-state index contributed by atoms with van der Waals surface area (Å²) in [7, 11) is 0. The van der Waals surface area contributed by atoms with Gasteiger partial charge in [-0.2, -0.15) is 5.10 Å². The van der Waals surface area contributed by atoms with Crippen molar-refractivity contribution in [3.05, 3.63) is 45.7 Å². The number of benzene rings is 1. The zero-order valence-corrected chi connectivity index (χ0v) is 12.4. The van der Waals surface area contributed by atoms with Crippen LogP contribution in [0.4, 0.5) is 10.5 Å². The Morgan fingerprint density at radius 1 is 1.38 bits per heavy atom. The summed E-state index contributed by atoms with van der Waals surface area (Å²) in [5.41, 5.74) is 3.81. The molecule has 1 heterocycles. The number of hydrogen-bond donors (Lipinski definition) is 3. The van der Waals surface area contributed by atoms with Crippen molar-refractivity contribution >= 4 is 23.6 Å². The number of aromatic nitrogens is 2. The predicted molar refractivity (Wildman–Crippen MR) is 85.0 cm³/mol. The molecule has 2 aromatic rings. The summed E-state index contributed by atoms with van der Waals surface area (Å²) in [6, 6.07) is 7.44. The number of nitrogens with zero attached hydrogens (tertiary/aromatic N) is 1. The second-order valence-corrected chi connectivity index (χ2v) is 5.68. The molecular weight excluding hydrogens is 286 g/mol. The van der Waals surface area contributed by atoms with Crippen molar-refractivity contribution in [3.63, 3.8) is 0 Å². The Morgan fingerprint density at radius 2 is 2.14 bits per heavy atom. The quantitative estimate of drug-likeness (QED) is 0.763. The van der Waals surface area contributed by atoms with E-state index < -0.39 is 5.24 Å². The number of anilines is 1. The minimum absolute atomic E-state index is 0.245. The Labute approximate surface area is 127 Å². The number of nitrogens with one attached hydrogen (secondary N) is 2. The number of carbonyl (C=O) groups excluding carboxylic acids is 1. The maximum absolute atomic E-state index is 11.3. The number of thiol groups is 1. The summed E-state index contributed by atoms with van der Waals surface area (Å²) in [6.45, 7) is 1.82. The highest BCUT2D eigenvalue weighted by Crippen LogP contribution is 2.42. The van der Waals surface area contributed by atoms with E-state index in [2.05, 4.69) is 28.1 Å². The molecule has 1 aliphatic carbocycles. The maximum atomic E-state index is 11.3. The van der Waals surface area contributed by atoms with Crippen LogP contribution >= 0.6 is 12.6 Å². The Morgan fingerprint density at radius 3 is 2.76 bits per heavy atom. The van der Waals surface area contributed by atoms with Gasteiger partial charge in [-0.1, -0.05) is 24.8 Å². The zero-order valence-electron chi connectivity index (χ0n) is 11.5. The van der Waals surface area contributed by atoms with Crippen LogP contribution in [0.1, 0.15) is 29.9 Å². The van der Waals surface area contributed by atoms with E-state index >= 15 is 0 Å². The zero-order chi connectivity index (χ0) is 15.0. The number of carbonyl (C=O) groups is 1. The Bertz CT molecular complexity index is 766. The third kappa shape index (κ3) is 3.00. The van der Waals surface area contributed by atoms with Crippen LogP contribution in [0, 0.1) is 6.92 Å². The molecule has 1 aromatic heterocycles. The molecule has 0 aliphatic heterocycles. The van der Waals surface area contributed by atoms with Crippen LogP contribution < -0.4 is 10.9 Å². The number of amides is 1. The second kappa shape index (κ2) is 5.37. The molecule has 21 heavy (non-hydrogen) atoms. The molecule has 3 rings (SSSR count). The fraction of sp³-hybridized carbons (Fsp3) is 0.267.